The lowest BCUT2D eigenvalue weighted by atomic mass is 10.1. The Morgan fingerprint density at radius 1 is 1.60 bits per heavy atom. The fraction of sp³-hybridized carbons (Fsp3) is 0.556. The molecule has 0 aromatic rings. The van der Waals surface area contributed by atoms with E-state index in [4.69, 9.17) is 0 Å². The second-order valence-corrected chi connectivity index (χ2v) is 2.95. The van der Waals surface area contributed by atoms with Gasteiger partial charge in [-0.25, -0.2) is 4.39 Å². The van der Waals surface area contributed by atoms with E-state index in [1.807, 2.05) is 26.0 Å². The smallest absolute Gasteiger partial charge is 0.124 e. The highest BCUT2D eigenvalue weighted by molar-refractivity contribution is 5.13. The van der Waals surface area contributed by atoms with Gasteiger partial charge in [0.05, 0.1) is 0 Å². The lowest BCUT2D eigenvalue weighted by Gasteiger charge is -2.05. The maximum absolute atomic E-state index is 13.0. The first-order valence-electron chi connectivity index (χ1n) is 3.68. The molecule has 0 aromatic carbocycles. The van der Waals surface area contributed by atoms with Crippen LogP contribution in [0.3, 0.4) is 0 Å². The minimum Gasteiger partial charge on any atom is -0.242 e. The lowest BCUT2D eigenvalue weighted by Crippen LogP contribution is -2.05. The number of alkyl halides is 1. The predicted octanol–water partition coefficient (Wildman–Crippen LogP) is 2.87. The Hall–Kier alpha value is -0.590. The van der Waals surface area contributed by atoms with Crippen molar-refractivity contribution in [2.75, 3.05) is 0 Å². The first-order valence-corrected chi connectivity index (χ1v) is 3.68. The highest BCUT2D eigenvalue weighted by Crippen LogP contribution is 2.18. The van der Waals surface area contributed by atoms with Crippen LogP contribution in [0.2, 0.25) is 0 Å². The van der Waals surface area contributed by atoms with Crippen molar-refractivity contribution < 1.29 is 4.39 Å². The SMILES string of the molecule is CC1=CC(F)C(C)C=CC1. The van der Waals surface area contributed by atoms with Crippen molar-refractivity contribution in [1.29, 1.82) is 0 Å². The zero-order valence-electron chi connectivity index (χ0n) is 6.47. The van der Waals surface area contributed by atoms with E-state index in [0.29, 0.717) is 0 Å². The van der Waals surface area contributed by atoms with E-state index >= 15 is 0 Å². The number of rotatable bonds is 0. The molecule has 2 atom stereocenters. The molecule has 1 aliphatic rings. The Morgan fingerprint density at radius 3 is 3.00 bits per heavy atom. The number of allylic oxidation sites excluding steroid dienone is 4. The molecule has 0 radical (unpaired) electrons. The van der Waals surface area contributed by atoms with Crippen molar-refractivity contribution >= 4 is 0 Å². The summed E-state index contributed by atoms with van der Waals surface area (Å²) in [5.41, 5.74) is 1.13. The Kier molecular flexibility index (Phi) is 2.25. The summed E-state index contributed by atoms with van der Waals surface area (Å²) in [6, 6.07) is 0. The molecule has 0 amide bonds. The minimum absolute atomic E-state index is 0.0532. The van der Waals surface area contributed by atoms with Crippen LogP contribution in [-0.2, 0) is 0 Å². The minimum atomic E-state index is -0.779. The average Bonchev–Trinajstić information content (AvgIpc) is 1.96. The molecular formula is C9H13F. The van der Waals surface area contributed by atoms with Crippen LogP contribution in [0.5, 0.6) is 0 Å². The van der Waals surface area contributed by atoms with Crippen LogP contribution in [0.1, 0.15) is 20.3 Å². The number of hydrogen-bond acceptors (Lipinski definition) is 0. The highest BCUT2D eigenvalue weighted by atomic mass is 19.1. The largest absolute Gasteiger partial charge is 0.242 e. The van der Waals surface area contributed by atoms with Gasteiger partial charge in [0.2, 0.25) is 0 Å². The van der Waals surface area contributed by atoms with Gasteiger partial charge in [-0.3, -0.25) is 0 Å². The normalized spacial score (nSPS) is 33.3. The molecule has 0 bridgehead atoms. The van der Waals surface area contributed by atoms with Crippen LogP contribution < -0.4 is 0 Å². The molecule has 1 aliphatic carbocycles. The van der Waals surface area contributed by atoms with Gasteiger partial charge in [0, 0.05) is 5.92 Å². The van der Waals surface area contributed by atoms with Crippen molar-refractivity contribution in [2.24, 2.45) is 5.92 Å². The van der Waals surface area contributed by atoms with Crippen LogP contribution in [-0.4, -0.2) is 6.17 Å². The fourth-order valence-electron chi connectivity index (χ4n) is 1.07. The Morgan fingerprint density at radius 2 is 2.30 bits per heavy atom. The third-order valence-electron chi connectivity index (χ3n) is 1.83. The van der Waals surface area contributed by atoms with E-state index in [9.17, 15) is 4.39 Å². The standard InChI is InChI=1S/C9H13F/c1-7-4-3-5-8(2)9(10)6-7/h3,5-6,8-9H,4H2,1-2H3. The molecule has 0 heterocycles. The molecule has 0 aromatic heterocycles. The van der Waals surface area contributed by atoms with E-state index in [1.165, 1.54) is 0 Å². The van der Waals surface area contributed by atoms with Crippen molar-refractivity contribution in [3.63, 3.8) is 0 Å². The summed E-state index contributed by atoms with van der Waals surface area (Å²) < 4.78 is 13.0. The van der Waals surface area contributed by atoms with Crippen LogP contribution in [0.25, 0.3) is 0 Å². The summed E-state index contributed by atoms with van der Waals surface area (Å²) in [5.74, 6) is 0.0532. The molecule has 2 unspecified atom stereocenters. The zero-order chi connectivity index (χ0) is 7.56. The zero-order valence-corrected chi connectivity index (χ0v) is 6.47. The first kappa shape index (κ1) is 7.52. The predicted molar refractivity (Wildman–Crippen MR) is 41.6 cm³/mol. The van der Waals surface area contributed by atoms with Crippen LogP contribution >= 0.6 is 0 Å². The van der Waals surface area contributed by atoms with E-state index in [0.717, 1.165) is 12.0 Å². The Bertz CT molecular complexity index is 168. The second kappa shape index (κ2) is 3.00. The van der Waals surface area contributed by atoms with E-state index in [2.05, 4.69) is 0 Å². The van der Waals surface area contributed by atoms with Gasteiger partial charge in [0.25, 0.3) is 0 Å². The molecular weight excluding hydrogens is 127 g/mol. The number of hydrogen-bond donors (Lipinski definition) is 0. The molecule has 0 N–H and O–H groups in total. The van der Waals surface area contributed by atoms with Gasteiger partial charge < -0.3 is 0 Å². The first-order chi connectivity index (χ1) is 4.70. The van der Waals surface area contributed by atoms with Crippen LogP contribution in [0.15, 0.2) is 23.8 Å². The van der Waals surface area contributed by atoms with Gasteiger partial charge in [0.15, 0.2) is 0 Å². The molecule has 0 saturated carbocycles. The monoisotopic (exact) mass is 140 g/mol. The Balaban J connectivity index is 2.72. The van der Waals surface area contributed by atoms with E-state index < -0.39 is 6.17 Å². The number of halogens is 1. The summed E-state index contributed by atoms with van der Waals surface area (Å²) in [6.45, 7) is 3.87. The molecule has 0 spiro atoms. The average molecular weight is 140 g/mol. The molecule has 0 saturated heterocycles. The van der Waals surface area contributed by atoms with Gasteiger partial charge in [-0.05, 0) is 13.3 Å². The molecule has 0 nitrogen and oxygen atoms in total. The maximum atomic E-state index is 13.0. The molecule has 0 aliphatic heterocycles. The molecule has 0 fully saturated rings. The van der Waals surface area contributed by atoms with Gasteiger partial charge in [-0.1, -0.05) is 30.7 Å². The fourth-order valence-corrected chi connectivity index (χ4v) is 1.07. The summed E-state index contributed by atoms with van der Waals surface area (Å²) in [4.78, 5) is 0. The molecule has 56 valence electrons. The topological polar surface area (TPSA) is 0 Å². The van der Waals surface area contributed by atoms with Crippen molar-refractivity contribution in [3.05, 3.63) is 23.8 Å². The van der Waals surface area contributed by atoms with Crippen LogP contribution in [0.4, 0.5) is 4.39 Å². The van der Waals surface area contributed by atoms with Gasteiger partial charge in [0.1, 0.15) is 6.17 Å². The summed E-state index contributed by atoms with van der Waals surface area (Å²) >= 11 is 0. The lowest BCUT2D eigenvalue weighted by molar-refractivity contribution is 0.336. The maximum Gasteiger partial charge on any atom is 0.124 e. The van der Waals surface area contributed by atoms with E-state index in [-0.39, 0.29) is 5.92 Å². The Labute approximate surface area is 61.4 Å². The highest BCUT2D eigenvalue weighted by Gasteiger charge is 2.12. The van der Waals surface area contributed by atoms with E-state index in [1.54, 1.807) is 6.08 Å². The quantitative estimate of drug-likeness (QED) is 0.454. The summed E-state index contributed by atoms with van der Waals surface area (Å²) in [7, 11) is 0. The van der Waals surface area contributed by atoms with Crippen LogP contribution in [0, 0.1) is 5.92 Å². The molecule has 1 rings (SSSR count). The van der Waals surface area contributed by atoms with Gasteiger partial charge in [-0.2, -0.15) is 0 Å². The summed E-state index contributed by atoms with van der Waals surface area (Å²) in [5, 5.41) is 0. The van der Waals surface area contributed by atoms with Crippen molar-refractivity contribution in [1.82, 2.24) is 0 Å². The second-order valence-electron chi connectivity index (χ2n) is 2.95. The van der Waals surface area contributed by atoms with Gasteiger partial charge in [-0.15, -0.1) is 0 Å². The third kappa shape index (κ3) is 1.69. The van der Waals surface area contributed by atoms with Gasteiger partial charge >= 0.3 is 0 Å². The summed E-state index contributed by atoms with van der Waals surface area (Å²) in [6.07, 6.45) is 5.82. The molecule has 1 heteroatoms. The molecule has 10 heavy (non-hydrogen) atoms. The third-order valence-corrected chi connectivity index (χ3v) is 1.83. The van der Waals surface area contributed by atoms with Crippen molar-refractivity contribution in [2.45, 2.75) is 26.4 Å². The van der Waals surface area contributed by atoms with Crippen molar-refractivity contribution in [3.8, 4) is 0 Å².